The molecule has 1 heterocycles. The molecule has 2 aromatic rings. The molecule has 0 bridgehead atoms. The van der Waals surface area contributed by atoms with Gasteiger partial charge in [0.25, 0.3) is 5.95 Å². The summed E-state index contributed by atoms with van der Waals surface area (Å²) in [5.74, 6) is -0.990. The van der Waals surface area contributed by atoms with Crippen LogP contribution in [0.5, 0.6) is 0 Å². The molecule has 0 aliphatic carbocycles. The largest absolute Gasteiger partial charge is 0.383 e. The fourth-order valence-corrected chi connectivity index (χ4v) is 1.30. The molecule has 0 unspecified atom stereocenters. The molecule has 0 aliphatic heterocycles. The van der Waals surface area contributed by atoms with E-state index in [9.17, 15) is 14.5 Å². The van der Waals surface area contributed by atoms with Crippen molar-refractivity contribution in [3.8, 4) is 0 Å². The summed E-state index contributed by atoms with van der Waals surface area (Å²) in [7, 11) is 0. The van der Waals surface area contributed by atoms with E-state index in [1.165, 1.54) is 18.2 Å². The Labute approximate surface area is 88.2 Å². The number of rotatable bonds is 2. The number of fused-ring (bicyclic) bond motifs is 1. The van der Waals surface area contributed by atoms with Crippen LogP contribution < -0.4 is 11.2 Å². The summed E-state index contributed by atoms with van der Waals surface area (Å²) in [5, 5.41) is 9.42. The molecule has 82 valence electrons. The van der Waals surface area contributed by atoms with Crippen molar-refractivity contribution >= 4 is 22.7 Å². The highest BCUT2D eigenvalue weighted by Gasteiger charge is 2.11. The number of aromatic nitrogens is 2. The topological polar surface area (TPSA) is 107 Å². The van der Waals surface area contributed by atoms with Crippen LogP contribution in [0.1, 0.15) is 0 Å². The monoisotopic (exact) mass is 223 g/mol. The zero-order valence-corrected chi connectivity index (χ0v) is 7.85. The van der Waals surface area contributed by atoms with Gasteiger partial charge in [-0.3, -0.25) is 0 Å². The van der Waals surface area contributed by atoms with E-state index >= 15 is 0 Å². The summed E-state index contributed by atoms with van der Waals surface area (Å²) in [6.45, 7) is 0. The minimum Gasteiger partial charge on any atom is -0.383 e. The smallest absolute Gasteiger partial charge is 0.287 e. The van der Waals surface area contributed by atoms with Gasteiger partial charge in [-0.05, 0) is 12.1 Å². The van der Waals surface area contributed by atoms with E-state index in [0.29, 0.717) is 0 Å². The summed E-state index contributed by atoms with van der Waals surface area (Å²) in [5.41, 5.74) is 7.44. The van der Waals surface area contributed by atoms with E-state index in [1.54, 1.807) is 5.43 Å². The third-order valence-electron chi connectivity index (χ3n) is 1.89. The molecule has 0 radical (unpaired) electrons. The van der Waals surface area contributed by atoms with Gasteiger partial charge in [0.1, 0.15) is 11.6 Å². The molecular weight excluding hydrogens is 217 g/mol. The Morgan fingerprint density at radius 2 is 2.19 bits per heavy atom. The van der Waals surface area contributed by atoms with Crippen LogP contribution >= 0.6 is 0 Å². The van der Waals surface area contributed by atoms with Crippen LogP contribution in [-0.2, 0) is 0 Å². The normalized spacial score (nSPS) is 10.3. The van der Waals surface area contributed by atoms with Crippen LogP contribution in [0.4, 0.5) is 16.2 Å². The standard InChI is InChI=1S/C8H6FN5O2/c9-4-2-1-3-5-6(4)7(10)12-8(11-5)13-14(15)16/h1-3H,(H3,10,11,12,13). The van der Waals surface area contributed by atoms with Crippen LogP contribution in [0.25, 0.3) is 10.9 Å². The molecule has 0 spiro atoms. The first-order valence-corrected chi connectivity index (χ1v) is 4.20. The third kappa shape index (κ3) is 1.67. The molecule has 0 atom stereocenters. The quantitative estimate of drug-likeness (QED) is 0.579. The number of halogens is 1. The number of nitrogens with two attached hydrogens (primary N) is 1. The van der Waals surface area contributed by atoms with Gasteiger partial charge in [0, 0.05) is 0 Å². The molecular formula is C8H6FN5O2. The zero-order valence-electron chi connectivity index (χ0n) is 7.85. The predicted molar refractivity (Wildman–Crippen MR) is 54.5 cm³/mol. The lowest BCUT2D eigenvalue weighted by molar-refractivity contribution is -0.446. The number of nitro groups is 1. The lowest BCUT2D eigenvalue weighted by Crippen LogP contribution is -2.12. The average molecular weight is 223 g/mol. The maximum atomic E-state index is 13.3. The van der Waals surface area contributed by atoms with Crippen molar-refractivity contribution in [3.05, 3.63) is 34.1 Å². The number of hydrogen-bond donors (Lipinski definition) is 2. The van der Waals surface area contributed by atoms with Crippen LogP contribution in [0, 0.1) is 15.9 Å². The van der Waals surface area contributed by atoms with Crippen LogP contribution in [0.15, 0.2) is 18.2 Å². The molecule has 16 heavy (non-hydrogen) atoms. The summed E-state index contributed by atoms with van der Waals surface area (Å²) >= 11 is 0. The van der Waals surface area contributed by atoms with Gasteiger partial charge in [-0.15, -0.1) is 0 Å². The van der Waals surface area contributed by atoms with E-state index in [0.717, 1.165) is 0 Å². The van der Waals surface area contributed by atoms with Gasteiger partial charge in [-0.1, -0.05) is 11.5 Å². The number of benzene rings is 1. The van der Waals surface area contributed by atoms with E-state index in [2.05, 4.69) is 9.97 Å². The molecule has 0 saturated carbocycles. The number of hydrogen-bond acceptors (Lipinski definition) is 5. The molecule has 1 aromatic carbocycles. The summed E-state index contributed by atoms with van der Waals surface area (Å²) in [6, 6.07) is 4.13. The number of hydrazine groups is 1. The Kier molecular flexibility index (Phi) is 2.24. The molecule has 1 aromatic heterocycles. The second-order valence-electron chi connectivity index (χ2n) is 2.94. The Morgan fingerprint density at radius 3 is 2.88 bits per heavy atom. The van der Waals surface area contributed by atoms with Crippen molar-refractivity contribution in [1.82, 2.24) is 9.97 Å². The fraction of sp³-hybridized carbons (Fsp3) is 0. The molecule has 0 fully saturated rings. The average Bonchev–Trinajstić information content (AvgIpc) is 2.15. The molecule has 0 saturated heterocycles. The fourth-order valence-electron chi connectivity index (χ4n) is 1.30. The van der Waals surface area contributed by atoms with Gasteiger partial charge in [-0.2, -0.15) is 4.98 Å². The minimum absolute atomic E-state index is 0.0522. The van der Waals surface area contributed by atoms with Crippen molar-refractivity contribution in [3.63, 3.8) is 0 Å². The highest BCUT2D eigenvalue weighted by Crippen LogP contribution is 2.22. The maximum Gasteiger partial charge on any atom is 0.287 e. The maximum absolute atomic E-state index is 13.3. The number of nitrogens with one attached hydrogen (secondary N) is 1. The molecule has 3 N–H and O–H groups in total. The van der Waals surface area contributed by atoms with Gasteiger partial charge in [0.05, 0.1) is 10.9 Å². The lowest BCUT2D eigenvalue weighted by Gasteiger charge is -2.03. The predicted octanol–water partition coefficient (Wildman–Crippen LogP) is 0.955. The van der Waals surface area contributed by atoms with Crippen LogP contribution in [0.2, 0.25) is 0 Å². The molecule has 7 nitrogen and oxygen atoms in total. The van der Waals surface area contributed by atoms with Crippen LogP contribution in [-0.4, -0.2) is 15.0 Å². The van der Waals surface area contributed by atoms with E-state index < -0.39 is 10.8 Å². The van der Waals surface area contributed by atoms with Crippen LogP contribution in [0.3, 0.4) is 0 Å². The van der Waals surface area contributed by atoms with Crippen molar-refractivity contribution in [1.29, 1.82) is 0 Å². The number of nitrogen functional groups attached to an aromatic ring is 1. The Bertz CT molecular complexity index is 574. The first kappa shape index (κ1) is 10.0. The van der Waals surface area contributed by atoms with Gasteiger partial charge < -0.3 is 5.73 Å². The summed E-state index contributed by atoms with van der Waals surface area (Å²) < 4.78 is 13.3. The highest BCUT2D eigenvalue weighted by atomic mass is 19.1. The Hall–Kier alpha value is -2.51. The summed E-state index contributed by atoms with van der Waals surface area (Å²) in [6.07, 6.45) is 0. The van der Waals surface area contributed by atoms with E-state index in [1.807, 2.05) is 0 Å². The first-order valence-electron chi connectivity index (χ1n) is 4.20. The third-order valence-corrected chi connectivity index (χ3v) is 1.89. The van der Waals surface area contributed by atoms with Crippen molar-refractivity contribution in [2.24, 2.45) is 0 Å². The molecule has 0 aliphatic rings. The van der Waals surface area contributed by atoms with Gasteiger partial charge in [0.15, 0.2) is 5.03 Å². The minimum atomic E-state index is -0.820. The second-order valence-corrected chi connectivity index (χ2v) is 2.94. The van der Waals surface area contributed by atoms with Crippen molar-refractivity contribution in [2.75, 3.05) is 11.2 Å². The van der Waals surface area contributed by atoms with Gasteiger partial charge in [0.2, 0.25) is 0 Å². The molecule has 0 amide bonds. The number of anilines is 2. The first-order chi connectivity index (χ1) is 7.58. The van der Waals surface area contributed by atoms with Crippen molar-refractivity contribution < 1.29 is 9.42 Å². The molecule has 2 rings (SSSR count). The Balaban J connectivity index is 2.64. The van der Waals surface area contributed by atoms with E-state index in [-0.39, 0.29) is 22.7 Å². The Morgan fingerprint density at radius 1 is 1.44 bits per heavy atom. The van der Waals surface area contributed by atoms with Crippen molar-refractivity contribution in [2.45, 2.75) is 0 Å². The SMILES string of the molecule is Nc1nc(N[N+](=O)[O-])nc2cccc(F)c12. The molecule has 8 heteroatoms. The lowest BCUT2D eigenvalue weighted by atomic mass is 10.2. The number of nitrogens with zero attached hydrogens (tertiary/aromatic N) is 3. The van der Waals surface area contributed by atoms with Gasteiger partial charge >= 0.3 is 0 Å². The summed E-state index contributed by atoms with van der Waals surface area (Å²) in [4.78, 5) is 17.5. The van der Waals surface area contributed by atoms with Gasteiger partial charge in [-0.25, -0.2) is 19.5 Å². The highest BCUT2D eigenvalue weighted by molar-refractivity contribution is 5.89. The second kappa shape index (κ2) is 3.57. The van der Waals surface area contributed by atoms with E-state index in [4.69, 9.17) is 5.73 Å². The zero-order chi connectivity index (χ0) is 11.7.